The number of hydrogen-bond donors (Lipinski definition) is 1. The molecule has 1 N–H and O–H groups in total. The number of imidazole rings is 1. The topological polar surface area (TPSA) is 67.5 Å². The van der Waals surface area contributed by atoms with Gasteiger partial charge in [-0.2, -0.15) is 0 Å². The highest BCUT2D eigenvalue weighted by molar-refractivity contribution is 7.99. The summed E-state index contributed by atoms with van der Waals surface area (Å²) in [5.74, 6) is 2.02. The van der Waals surface area contributed by atoms with Crippen LogP contribution in [0.2, 0.25) is 0 Å². The summed E-state index contributed by atoms with van der Waals surface area (Å²) in [5.41, 5.74) is 4.11. The molecule has 1 amide bonds. The molecule has 1 aliphatic heterocycles. The number of likely N-dealkylation sites (tertiary alicyclic amines) is 1. The standard InChI is InChI=1S/C22H25N3O3S/c1-14-6-8-17-18(11-14)24-22(23-17)29-13-21(26)25-10-4-5-19(25)16-12-15(27-2)7-9-20(16)28-3/h6-9,11-12,19H,4-5,10,13H2,1-3H3,(H,23,24)/t19-/m0/s1. The molecule has 0 spiro atoms. The van der Waals surface area contributed by atoms with E-state index in [0.29, 0.717) is 5.75 Å². The molecule has 1 saturated heterocycles. The van der Waals surface area contributed by atoms with Gasteiger partial charge in [0.05, 0.1) is 37.0 Å². The molecule has 0 aliphatic carbocycles. The van der Waals surface area contributed by atoms with E-state index in [4.69, 9.17) is 9.47 Å². The predicted molar refractivity (Wildman–Crippen MR) is 115 cm³/mol. The van der Waals surface area contributed by atoms with Gasteiger partial charge in [-0.15, -0.1) is 0 Å². The highest BCUT2D eigenvalue weighted by Gasteiger charge is 2.32. The number of nitrogens with one attached hydrogen (secondary N) is 1. The van der Waals surface area contributed by atoms with E-state index in [1.807, 2.05) is 35.2 Å². The molecule has 0 saturated carbocycles. The van der Waals surface area contributed by atoms with Crippen molar-refractivity contribution in [3.05, 3.63) is 47.5 Å². The molecule has 3 aromatic rings. The minimum absolute atomic E-state index is 0.00599. The van der Waals surface area contributed by atoms with Gasteiger partial charge >= 0.3 is 0 Å². The Hall–Kier alpha value is -2.67. The lowest BCUT2D eigenvalue weighted by molar-refractivity contribution is -0.129. The minimum Gasteiger partial charge on any atom is -0.497 e. The Kier molecular flexibility index (Phi) is 5.67. The molecular weight excluding hydrogens is 386 g/mol. The summed E-state index contributed by atoms with van der Waals surface area (Å²) in [6, 6.07) is 11.9. The molecule has 1 aliphatic rings. The molecule has 152 valence electrons. The second-order valence-corrected chi connectivity index (χ2v) is 8.17. The average Bonchev–Trinajstić information content (AvgIpc) is 3.38. The molecule has 1 atom stereocenters. The van der Waals surface area contributed by atoms with Crippen LogP contribution >= 0.6 is 11.8 Å². The third-order valence-corrected chi connectivity index (χ3v) is 6.18. The van der Waals surface area contributed by atoms with E-state index in [9.17, 15) is 4.79 Å². The first-order chi connectivity index (χ1) is 14.1. The molecule has 2 aromatic carbocycles. The van der Waals surface area contributed by atoms with Gasteiger partial charge in [0.1, 0.15) is 11.5 Å². The van der Waals surface area contributed by atoms with E-state index in [-0.39, 0.29) is 11.9 Å². The molecule has 29 heavy (non-hydrogen) atoms. The number of benzene rings is 2. The lowest BCUT2D eigenvalue weighted by Gasteiger charge is -2.26. The molecule has 7 heteroatoms. The van der Waals surface area contributed by atoms with Crippen molar-refractivity contribution in [2.75, 3.05) is 26.5 Å². The van der Waals surface area contributed by atoms with Crippen LogP contribution in [0.15, 0.2) is 41.6 Å². The van der Waals surface area contributed by atoms with Gasteiger partial charge < -0.3 is 19.4 Å². The van der Waals surface area contributed by atoms with Crippen LogP contribution in [-0.4, -0.2) is 47.3 Å². The lowest BCUT2D eigenvalue weighted by Crippen LogP contribution is -2.32. The summed E-state index contributed by atoms with van der Waals surface area (Å²) in [4.78, 5) is 22.9. The largest absolute Gasteiger partial charge is 0.497 e. The fourth-order valence-electron chi connectivity index (χ4n) is 3.87. The fourth-order valence-corrected chi connectivity index (χ4v) is 4.64. The molecule has 2 heterocycles. The summed E-state index contributed by atoms with van der Waals surface area (Å²) in [5, 5.41) is 0.772. The number of thioether (sulfide) groups is 1. The van der Waals surface area contributed by atoms with Crippen molar-refractivity contribution < 1.29 is 14.3 Å². The Bertz CT molecular complexity index is 1030. The Morgan fingerprint density at radius 2 is 2.10 bits per heavy atom. The molecule has 0 unspecified atom stereocenters. The minimum atomic E-state index is 0.00599. The van der Waals surface area contributed by atoms with Crippen LogP contribution in [-0.2, 0) is 4.79 Å². The lowest BCUT2D eigenvalue weighted by atomic mass is 10.0. The maximum atomic E-state index is 13.0. The number of carbonyl (C=O) groups is 1. The van der Waals surface area contributed by atoms with Gasteiger partial charge in [0, 0.05) is 12.1 Å². The molecular formula is C22H25N3O3S. The third-order valence-electron chi connectivity index (χ3n) is 5.32. The zero-order valence-electron chi connectivity index (χ0n) is 16.9. The summed E-state index contributed by atoms with van der Waals surface area (Å²) in [6.07, 6.45) is 1.90. The van der Waals surface area contributed by atoms with Gasteiger partial charge in [-0.1, -0.05) is 17.8 Å². The van der Waals surface area contributed by atoms with E-state index in [1.165, 1.54) is 17.3 Å². The SMILES string of the molecule is COc1ccc(OC)c([C@@H]2CCCN2C(=O)CSc2nc3ccc(C)cc3[nH]2)c1. The quantitative estimate of drug-likeness (QED) is 0.611. The predicted octanol–water partition coefficient (Wildman–Crippen LogP) is 4.34. The number of hydrogen-bond acceptors (Lipinski definition) is 5. The van der Waals surface area contributed by atoms with Crippen LogP contribution < -0.4 is 9.47 Å². The number of rotatable bonds is 6. The second kappa shape index (κ2) is 8.37. The van der Waals surface area contributed by atoms with Crippen molar-refractivity contribution in [1.29, 1.82) is 0 Å². The Labute approximate surface area is 174 Å². The van der Waals surface area contributed by atoms with E-state index < -0.39 is 0 Å². The number of ether oxygens (including phenoxy) is 2. The van der Waals surface area contributed by atoms with Gasteiger partial charge in [-0.05, 0) is 55.7 Å². The second-order valence-electron chi connectivity index (χ2n) is 7.20. The Balaban J connectivity index is 1.49. The summed E-state index contributed by atoms with van der Waals surface area (Å²) in [7, 11) is 3.31. The molecule has 1 fully saturated rings. The number of nitrogens with zero attached hydrogens (tertiary/aromatic N) is 2. The number of aryl methyl sites for hydroxylation is 1. The smallest absolute Gasteiger partial charge is 0.233 e. The van der Waals surface area contributed by atoms with Crippen LogP contribution in [0.4, 0.5) is 0 Å². The van der Waals surface area contributed by atoms with Gasteiger partial charge in [0.2, 0.25) is 5.91 Å². The molecule has 0 radical (unpaired) electrons. The van der Waals surface area contributed by atoms with Crippen molar-refractivity contribution in [3.8, 4) is 11.5 Å². The van der Waals surface area contributed by atoms with Gasteiger partial charge in [0.25, 0.3) is 0 Å². The maximum Gasteiger partial charge on any atom is 0.233 e. The van der Waals surface area contributed by atoms with Crippen molar-refractivity contribution in [2.24, 2.45) is 0 Å². The highest BCUT2D eigenvalue weighted by atomic mass is 32.2. The number of aromatic amines is 1. The Morgan fingerprint density at radius 1 is 1.24 bits per heavy atom. The molecule has 6 nitrogen and oxygen atoms in total. The zero-order chi connectivity index (χ0) is 20.4. The fraction of sp³-hybridized carbons (Fsp3) is 0.364. The first kappa shape index (κ1) is 19.6. The van der Waals surface area contributed by atoms with Crippen LogP contribution in [0.25, 0.3) is 11.0 Å². The van der Waals surface area contributed by atoms with E-state index >= 15 is 0 Å². The summed E-state index contributed by atoms with van der Waals surface area (Å²) < 4.78 is 10.9. The van der Waals surface area contributed by atoms with Crippen LogP contribution in [0.1, 0.15) is 30.0 Å². The summed E-state index contributed by atoms with van der Waals surface area (Å²) >= 11 is 1.45. The Morgan fingerprint density at radius 3 is 2.90 bits per heavy atom. The summed E-state index contributed by atoms with van der Waals surface area (Å²) in [6.45, 7) is 2.81. The van der Waals surface area contributed by atoms with Crippen LogP contribution in [0, 0.1) is 6.92 Å². The van der Waals surface area contributed by atoms with Crippen molar-refractivity contribution in [1.82, 2.24) is 14.9 Å². The number of fused-ring (bicyclic) bond motifs is 1. The van der Waals surface area contributed by atoms with E-state index in [0.717, 1.165) is 52.6 Å². The monoisotopic (exact) mass is 411 g/mol. The van der Waals surface area contributed by atoms with Crippen molar-refractivity contribution >= 4 is 28.7 Å². The van der Waals surface area contributed by atoms with Gasteiger partial charge in [-0.3, -0.25) is 4.79 Å². The number of methoxy groups -OCH3 is 2. The molecule has 0 bridgehead atoms. The molecule has 1 aromatic heterocycles. The van der Waals surface area contributed by atoms with E-state index in [1.54, 1.807) is 14.2 Å². The number of amides is 1. The first-order valence-electron chi connectivity index (χ1n) is 9.69. The zero-order valence-corrected chi connectivity index (χ0v) is 17.7. The van der Waals surface area contributed by atoms with Crippen molar-refractivity contribution in [3.63, 3.8) is 0 Å². The number of carbonyl (C=O) groups excluding carboxylic acids is 1. The van der Waals surface area contributed by atoms with Gasteiger partial charge in [-0.25, -0.2) is 4.98 Å². The molecule has 4 rings (SSSR count). The number of aromatic nitrogens is 2. The average molecular weight is 412 g/mol. The first-order valence-corrected chi connectivity index (χ1v) is 10.7. The van der Waals surface area contributed by atoms with Gasteiger partial charge in [0.15, 0.2) is 5.16 Å². The van der Waals surface area contributed by atoms with Crippen molar-refractivity contribution in [2.45, 2.75) is 31.0 Å². The maximum absolute atomic E-state index is 13.0. The van der Waals surface area contributed by atoms with Crippen LogP contribution in [0.3, 0.4) is 0 Å². The third kappa shape index (κ3) is 4.05. The highest BCUT2D eigenvalue weighted by Crippen LogP contribution is 2.39. The van der Waals surface area contributed by atoms with E-state index in [2.05, 4.69) is 23.0 Å². The normalized spacial score (nSPS) is 16.4. The number of H-pyrrole nitrogens is 1. The van der Waals surface area contributed by atoms with Crippen LogP contribution in [0.5, 0.6) is 11.5 Å².